The van der Waals surface area contributed by atoms with Crippen LogP contribution >= 0.6 is 34.4 Å². The molecular formula is C10H10F3N5OS3. The third-order valence-electron chi connectivity index (χ3n) is 2.02. The molecule has 2 rings (SSSR count). The van der Waals surface area contributed by atoms with E-state index in [0.717, 1.165) is 17.0 Å². The van der Waals surface area contributed by atoms with Crippen LogP contribution in [0.25, 0.3) is 0 Å². The summed E-state index contributed by atoms with van der Waals surface area (Å²) in [6.45, 7) is 0.255. The van der Waals surface area contributed by atoms with Gasteiger partial charge in [0.2, 0.25) is 11.0 Å². The molecule has 6 nitrogen and oxygen atoms in total. The van der Waals surface area contributed by atoms with Gasteiger partial charge in [0.1, 0.15) is 6.54 Å². The van der Waals surface area contributed by atoms with E-state index in [2.05, 4.69) is 25.8 Å². The maximum Gasteiger partial charge on any atom is 0.405 e. The lowest BCUT2D eigenvalue weighted by Gasteiger charge is -2.05. The monoisotopic (exact) mass is 369 g/mol. The highest BCUT2D eigenvalue weighted by atomic mass is 32.2. The van der Waals surface area contributed by atoms with Gasteiger partial charge < -0.3 is 10.6 Å². The van der Waals surface area contributed by atoms with E-state index in [4.69, 9.17) is 0 Å². The zero-order valence-electron chi connectivity index (χ0n) is 11.1. The van der Waals surface area contributed by atoms with Gasteiger partial charge in [-0.1, -0.05) is 23.1 Å². The molecule has 0 aliphatic heterocycles. The van der Waals surface area contributed by atoms with E-state index in [1.165, 1.54) is 30.0 Å². The van der Waals surface area contributed by atoms with Gasteiger partial charge in [-0.15, -0.1) is 21.5 Å². The van der Waals surface area contributed by atoms with Crippen molar-refractivity contribution in [2.45, 2.75) is 23.2 Å². The van der Waals surface area contributed by atoms with Crippen molar-refractivity contribution >= 4 is 50.6 Å². The lowest BCUT2D eigenvalue weighted by molar-refractivity contribution is -0.115. The molecule has 0 saturated heterocycles. The summed E-state index contributed by atoms with van der Waals surface area (Å²) >= 11 is 3.66. The second-order valence-corrected chi connectivity index (χ2v) is 7.01. The minimum Gasteiger partial charge on any atom is -0.351 e. The molecule has 0 unspecified atom stereocenters. The molecule has 0 bridgehead atoms. The van der Waals surface area contributed by atoms with Crippen molar-refractivity contribution in [3.05, 3.63) is 11.1 Å². The van der Waals surface area contributed by atoms with Crippen LogP contribution < -0.4 is 10.6 Å². The first-order valence-corrected chi connectivity index (χ1v) is 8.49. The fourth-order valence-electron chi connectivity index (χ4n) is 1.23. The summed E-state index contributed by atoms with van der Waals surface area (Å²) in [5.41, 5.74) is 0.749. The SMILES string of the molecule is CC(=O)Nc1nc(CSc2nnc(NCC(F)(F)F)s2)cs1. The fourth-order valence-corrected chi connectivity index (χ4v) is 3.73. The Labute approximate surface area is 135 Å². The summed E-state index contributed by atoms with van der Waals surface area (Å²) in [6, 6.07) is 0. The van der Waals surface area contributed by atoms with Gasteiger partial charge in [0, 0.05) is 18.1 Å². The lowest BCUT2D eigenvalue weighted by atomic mass is 10.6. The third kappa shape index (κ3) is 5.77. The van der Waals surface area contributed by atoms with E-state index >= 15 is 0 Å². The molecule has 0 fully saturated rings. The number of halogens is 3. The van der Waals surface area contributed by atoms with Crippen LogP contribution in [0, 0.1) is 0 Å². The maximum absolute atomic E-state index is 12.1. The number of aromatic nitrogens is 3. The van der Waals surface area contributed by atoms with Crippen LogP contribution in [-0.4, -0.2) is 33.8 Å². The molecule has 2 aromatic heterocycles. The molecule has 2 N–H and O–H groups in total. The Morgan fingerprint density at radius 2 is 2.14 bits per heavy atom. The van der Waals surface area contributed by atoms with Crippen molar-refractivity contribution in [3.63, 3.8) is 0 Å². The number of carbonyl (C=O) groups is 1. The highest BCUT2D eigenvalue weighted by Gasteiger charge is 2.27. The second-order valence-electron chi connectivity index (χ2n) is 3.96. The summed E-state index contributed by atoms with van der Waals surface area (Å²) in [4.78, 5) is 15.1. The van der Waals surface area contributed by atoms with Gasteiger partial charge in [0.05, 0.1) is 5.69 Å². The molecule has 2 aromatic rings. The van der Waals surface area contributed by atoms with E-state index in [0.29, 0.717) is 15.2 Å². The van der Waals surface area contributed by atoms with Gasteiger partial charge in [0.25, 0.3) is 0 Å². The molecule has 0 aliphatic carbocycles. The Balaban J connectivity index is 1.83. The molecular weight excluding hydrogens is 359 g/mol. The molecule has 12 heteroatoms. The van der Waals surface area contributed by atoms with Crippen molar-refractivity contribution in [1.29, 1.82) is 0 Å². The van der Waals surface area contributed by atoms with Crippen LogP contribution in [0.1, 0.15) is 12.6 Å². The van der Waals surface area contributed by atoms with E-state index in [-0.39, 0.29) is 11.0 Å². The Morgan fingerprint density at radius 1 is 1.36 bits per heavy atom. The molecule has 0 spiro atoms. The average molecular weight is 369 g/mol. The van der Waals surface area contributed by atoms with Gasteiger partial charge in [-0.2, -0.15) is 13.2 Å². The molecule has 2 heterocycles. The second kappa shape index (κ2) is 7.24. The highest BCUT2D eigenvalue weighted by Crippen LogP contribution is 2.29. The average Bonchev–Trinajstić information content (AvgIpc) is 3.01. The number of carbonyl (C=O) groups excluding carboxylic acids is 1. The number of rotatable bonds is 6. The number of amides is 1. The number of nitrogens with zero attached hydrogens (tertiary/aromatic N) is 3. The molecule has 0 saturated carbocycles. The van der Waals surface area contributed by atoms with Gasteiger partial charge in [-0.05, 0) is 0 Å². The quantitative estimate of drug-likeness (QED) is 0.761. The number of thiazole rings is 1. The lowest BCUT2D eigenvalue weighted by Crippen LogP contribution is -2.21. The number of hydrogen-bond donors (Lipinski definition) is 2. The minimum atomic E-state index is -4.29. The van der Waals surface area contributed by atoms with E-state index in [9.17, 15) is 18.0 Å². The molecule has 0 aliphatic rings. The van der Waals surface area contributed by atoms with E-state index in [1.54, 1.807) is 5.38 Å². The summed E-state index contributed by atoms with van der Waals surface area (Å²) in [6.07, 6.45) is -4.29. The summed E-state index contributed by atoms with van der Waals surface area (Å²) in [5, 5.41) is 14.6. The predicted octanol–water partition coefficient (Wildman–Crippen LogP) is 3.22. The van der Waals surface area contributed by atoms with Crippen molar-refractivity contribution in [1.82, 2.24) is 15.2 Å². The molecule has 1 amide bonds. The number of hydrogen-bond acceptors (Lipinski definition) is 8. The number of thioether (sulfide) groups is 1. The summed E-state index contributed by atoms with van der Waals surface area (Å²) in [5.74, 6) is 0.294. The molecule has 120 valence electrons. The van der Waals surface area contributed by atoms with Crippen LogP contribution in [0.4, 0.5) is 23.4 Å². The number of anilines is 2. The molecule has 0 radical (unpaired) electrons. The number of nitrogens with one attached hydrogen (secondary N) is 2. The topological polar surface area (TPSA) is 79.8 Å². The van der Waals surface area contributed by atoms with Gasteiger partial charge in [-0.25, -0.2) is 4.98 Å². The molecule has 0 atom stereocenters. The first-order chi connectivity index (χ1) is 10.3. The Morgan fingerprint density at radius 3 is 2.82 bits per heavy atom. The first kappa shape index (κ1) is 17.0. The zero-order chi connectivity index (χ0) is 16.2. The summed E-state index contributed by atoms with van der Waals surface area (Å²) in [7, 11) is 0. The largest absolute Gasteiger partial charge is 0.405 e. The van der Waals surface area contributed by atoms with E-state index in [1.807, 2.05) is 0 Å². The van der Waals surface area contributed by atoms with Crippen molar-refractivity contribution in [2.75, 3.05) is 17.2 Å². The minimum absolute atomic E-state index is 0.122. The standard InChI is InChI=1S/C10H10F3N5OS3/c1-5(19)15-8-16-6(2-20-8)3-21-9-18-17-7(22-9)14-4-10(11,12)13/h2H,3-4H2,1H3,(H,14,17)(H,15,16,19). The van der Waals surface area contributed by atoms with Gasteiger partial charge in [-0.3, -0.25) is 4.79 Å². The van der Waals surface area contributed by atoms with Crippen molar-refractivity contribution in [3.8, 4) is 0 Å². The normalized spacial score (nSPS) is 11.5. The molecule has 0 aromatic carbocycles. The smallest absolute Gasteiger partial charge is 0.351 e. The van der Waals surface area contributed by atoms with Gasteiger partial charge >= 0.3 is 6.18 Å². The van der Waals surface area contributed by atoms with Crippen LogP contribution in [0.2, 0.25) is 0 Å². The van der Waals surface area contributed by atoms with Crippen LogP contribution in [0.15, 0.2) is 9.72 Å². The fraction of sp³-hybridized carbons (Fsp3) is 0.400. The first-order valence-electron chi connectivity index (χ1n) is 5.81. The Bertz CT molecular complexity index is 642. The van der Waals surface area contributed by atoms with Crippen LogP contribution in [-0.2, 0) is 10.5 Å². The Hall–Kier alpha value is -1.40. The van der Waals surface area contributed by atoms with Gasteiger partial charge in [0.15, 0.2) is 9.47 Å². The van der Waals surface area contributed by atoms with Crippen molar-refractivity contribution < 1.29 is 18.0 Å². The van der Waals surface area contributed by atoms with Crippen LogP contribution in [0.5, 0.6) is 0 Å². The highest BCUT2D eigenvalue weighted by molar-refractivity contribution is 8.00. The van der Waals surface area contributed by atoms with E-state index < -0.39 is 12.7 Å². The zero-order valence-corrected chi connectivity index (χ0v) is 13.5. The maximum atomic E-state index is 12.1. The third-order valence-corrected chi connectivity index (χ3v) is 4.88. The number of alkyl halides is 3. The predicted molar refractivity (Wildman–Crippen MR) is 80.4 cm³/mol. The van der Waals surface area contributed by atoms with Crippen LogP contribution in [0.3, 0.4) is 0 Å². The molecule has 22 heavy (non-hydrogen) atoms. The van der Waals surface area contributed by atoms with Crippen molar-refractivity contribution in [2.24, 2.45) is 0 Å². The summed E-state index contributed by atoms with van der Waals surface area (Å²) < 4.78 is 36.7. The Kier molecular flexibility index (Phi) is 5.58.